The molecule has 1 aromatic carbocycles. The van der Waals surface area contributed by atoms with Crippen LogP contribution in [-0.4, -0.2) is 10.8 Å². The van der Waals surface area contributed by atoms with Gasteiger partial charge < -0.3 is 4.98 Å². The number of Topliss-reactive ketones (excluding diaryl/α,β-unsaturated/α-hetero) is 1. The Labute approximate surface area is 89.0 Å². The summed E-state index contributed by atoms with van der Waals surface area (Å²) in [6.07, 6.45) is 3.22. The Kier molecular flexibility index (Phi) is 2.98. The number of ketones is 1. The fourth-order valence-electron chi connectivity index (χ4n) is 1.54. The lowest BCUT2D eigenvalue weighted by Gasteiger charge is -1.99. The number of aromatic nitrogens is 1. The van der Waals surface area contributed by atoms with E-state index in [2.05, 4.69) is 4.98 Å². The molecule has 1 N–H and O–H groups in total. The maximum Gasteiger partial charge on any atom is 0.163 e. The molecule has 0 amide bonds. The largest absolute Gasteiger partial charge is 0.365 e. The van der Waals surface area contributed by atoms with E-state index in [1.54, 1.807) is 0 Å². The molecule has 76 valence electrons. The monoisotopic (exact) mass is 199 g/mol. The number of rotatable bonds is 4. The molecule has 0 saturated heterocycles. The van der Waals surface area contributed by atoms with Crippen molar-refractivity contribution in [3.63, 3.8) is 0 Å². The van der Waals surface area contributed by atoms with Crippen molar-refractivity contribution in [3.05, 3.63) is 59.9 Å². The lowest BCUT2D eigenvalue weighted by Crippen LogP contribution is -2.00. The summed E-state index contributed by atoms with van der Waals surface area (Å²) in [6, 6.07) is 13.4. The van der Waals surface area contributed by atoms with E-state index in [1.165, 1.54) is 0 Å². The topological polar surface area (TPSA) is 32.9 Å². The van der Waals surface area contributed by atoms with E-state index in [1.807, 2.05) is 48.7 Å². The van der Waals surface area contributed by atoms with Gasteiger partial charge in [0.2, 0.25) is 0 Å². The Morgan fingerprint density at radius 2 is 1.87 bits per heavy atom. The smallest absolute Gasteiger partial charge is 0.163 e. The molecule has 2 nitrogen and oxygen atoms in total. The molecule has 1 heterocycles. The highest BCUT2D eigenvalue weighted by atomic mass is 16.1. The predicted octanol–water partition coefficient (Wildman–Crippen LogP) is 2.83. The predicted molar refractivity (Wildman–Crippen MR) is 59.9 cm³/mol. The molecule has 0 bridgehead atoms. The van der Waals surface area contributed by atoms with E-state index < -0.39 is 0 Å². The molecule has 2 aromatic rings. The first-order valence-electron chi connectivity index (χ1n) is 5.07. The Hall–Kier alpha value is -1.83. The zero-order valence-corrected chi connectivity index (χ0v) is 8.44. The molecule has 0 aliphatic carbocycles. The molecule has 15 heavy (non-hydrogen) atoms. The second kappa shape index (κ2) is 4.60. The van der Waals surface area contributed by atoms with Gasteiger partial charge in [0.15, 0.2) is 5.78 Å². The molecule has 0 unspecified atom stereocenters. The number of hydrogen-bond acceptors (Lipinski definition) is 1. The van der Waals surface area contributed by atoms with Gasteiger partial charge in [0.05, 0.1) is 0 Å². The summed E-state index contributed by atoms with van der Waals surface area (Å²) in [5.74, 6) is 0.199. The standard InChI is InChI=1S/C13H13NO/c15-13(11-5-2-1-3-6-11)9-8-12-7-4-10-14-12/h1-7,10,14H,8-9H2. The highest BCUT2D eigenvalue weighted by molar-refractivity contribution is 5.96. The van der Waals surface area contributed by atoms with Gasteiger partial charge in [-0.15, -0.1) is 0 Å². The van der Waals surface area contributed by atoms with Gasteiger partial charge in [-0.1, -0.05) is 30.3 Å². The number of hydrogen-bond donors (Lipinski definition) is 1. The average molecular weight is 199 g/mol. The molecule has 0 atom stereocenters. The Bertz CT molecular complexity index is 417. The fourth-order valence-corrected chi connectivity index (χ4v) is 1.54. The van der Waals surface area contributed by atoms with Crippen LogP contribution >= 0.6 is 0 Å². The lowest BCUT2D eigenvalue weighted by molar-refractivity contribution is 0.0982. The number of H-pyrrole nitrogens is 1. The maximum atomic E-state index is 11.7. The van der Waals surface area contributed by atoms with E-state index in [4.69, 9.17) is 0 Å². The van der Waals surface area contributed by atoms with Crippen molar-refractivity contribution in [1.29, 1.82) is 0 Å². The minimum atomic E-state index is 0.199. The van der Waals surface area contributed by atoms with Crippen LogP contribution in [0.2, 0.25) is 0 Å². The first-order chi connectivity index (χ1) is 7.36. The van der Waals surface area contributed by atoms with Gasteiger partial charge in [0, 0.05) is 23.9 Å². The molecular weight excluding hydrogens is 186 g/mol. The van der Waals surface area contributed by atoms with E-state index in [0.29, 0.717) is 6.42 Å². The first-order valence-corrected chi connectivity index (χ1v) is 5.07. The number of aryl methyl sites for hydroxylation is 1. The summed E-state index contributed by atoms with van der Waals surface area (Å²) in [4.78, 5) is 14.8. The second-order valence-electron chi connectivity index (χ2n) is 3.48. The summed E-state index contributed by atoms with van der Waals surface area (Å²) >= 11 is 0. The highest BCUT2D eigenvalue weighted by Crippen LogP contribution is 2.06. The van der Waals surface area contributed by atoms with Crippen LogP contribution in [0, 0.1) is 0 Å². The number of benzene rings is 1. The average Bonchev–Trinajstić information content (AvgIpc) is 2.80. The second-order valence-corrected chi connectivity index (χ2v) is 3.48. The van der Waals surface area contributed by atoms with E-state index >= 15 is 0 Å². The van der Waals surface area contributed by atoms with Crippen LogP contribution in [0.5, 0.6) is 0 Å². The third kappa shape index (κ3) is 2.56. The fraction of sp³-hybridized carbons (Fsp3) is 0.154. The van der Waals surface area contributed by atoms with E-state index in [9.17, 15) is 4.79 Å². The van der Waals surface area contributed by atoms with Gasteiger partial charge in [-0.3, -0.25) is 4.79 Å². The van der Waals surface area contributed by atoms with E-state index in [-0.39, 0.29) is 5.78 Å². The highest BCUT2D eigenvalue weighted by Gasteiger charge is 2.04. The van der Waals surface area contributed by atoms with Crippen LogP contribution in [0.25, 0.3) is 0 Å². The van der Waals surface area contributed by atoms with Crippen molar-refractivity contribution in [1.82, 2.24) is 4.98 Å². The van der Waals surface area contributed by atoms with Crippen LogP contribution < -0.4 is 0 Å². The van der Waals surface area contributed by atoms with Gasteiger partial charge in [0.1, 0.15) is 0 Å². The zero-order valence-electron chi connectivity index (χ0n) is 8.44. The normalized spacial score (nSPS) is 10.1. The van der Waals surface area contributed by atoms with Crippen LogP contribution in [0.1, 0.15) is 22.5 Å². The molecule has 1 aromatic heterocycles. The van der Waals surface area contributed by atoms with Crippen molar-refractivity contribution in [3.8, 4) is 0 Å². The summed E-state index contributed by atoms with van der Waals surface area (Å²) in [5.41, 5.74) is 1.91. The Morgan fingerprint density at radius 3 is 2.53 bits per heavy atom. The minimum Gasteiger partial charge on any atom is -0.365 e. The molecule has 0 aliphatic heterocycles. The van der Waals surface area contributed by atoms with Crippen molar-refractivity contribution >= 4 is 5.78 Å². The lowest BCUT2D eigenvalue weighted by atomic mass is 10.1. The van der Waals surface area contributed by atoms with Crippen molar-refractivity contribution in [2.75, 3.05) is 0 Å². The zero-order chi connectivity index (χ0) is 10.5. The van der Waals surface area contributed by atoms with Gasteiger partial charge in [-0.05, 0) is 18.6 Å². The third-order valence-electron chi connectivity index (χ3n) is 2.38. The number of carbonyl (C=O) groups is 1. The third-order valence-corrected chi connectivity index (χ3v) is 2.38. The van der Waals surface area contributed by atoms with Crippen LogP contribution in [0.4, 0.5) is 0 Å². The summed E-state index contributed by atoms with van der Waals surface area (Å²) < 4.78 is 0. The van der Waals surface area contributed by atoms with Crippen molar-refractivity contribution < 1.29 is 4.79 Å². The van der Waals surface area contributed by atoms with Gasteiger partial charge in [-0.2, -0.15) is 0 Å². The van der Waals surface area contributed by atoms with Gasteiger partial charge in [0.25, 0.3) is 0 Å². The Balaban J connectivity index is 1.94. The summed E-state index contributed by atoms with van der Waals surface area (Å²) in [6.45, 7) is 0. The molecule has 2 heteroatoms. The van der Waals surface area contributed by atoms with Crippen LogP contribution in [0.3, 0.4) is 0 Å². The van der Waals surface area contributed by atoms with Crippen LogP contribution in [0.15, 0.2) is 48.7 Å². The number of nitrogens with one attached hydrogen (secondary N) is 1. The van der Waals surface area contributed by atoms with Gasteiger partial charge >= 0.3 is 0 Å². The first kappa shape index (κ1) is 9.71. The van der Waals surface area contributed by atoms with Crippen molar-refractivity contribution in [2.24, 2.45) is 0 Å². The molecule has 0 radical (unpaired) electrons. The summed E-state index contributed by atoms with van der Waals surface area (Å²) in [5, 5.41) is 0. The summed E-state index contributed by atoms with van der Waals surface area (Å²) in [7, 11) is 0. The Morgan fingerprint density at radius 1 is 1.07 bits per heavy atom. The molecule has 2 rings (SSSR count). The number of aromatic amines is 1. The van der Waals surface area contributed by atoms with Crippen molar-refractivity contribution in [2.45, 2.75) is 12.8 Å². The maximum absolute atomic E-state index is 11.7. The molecule has 0 fully saturated rings. The molecule has 0 aliphatic rings. The molecule has 0 spiro atoms. The van der Waals surface area contributed by atoms with E-state index in [0.717, 1.165) is 17.7 Å². The number of carbonyl (C=O) groups excluding carboxylic acids is 1. The SMILES string of the molecule is O=C(CCc1ccc[nH]1)c1ccccc1. The molecule has 0 saturated carbocycles. The quantitative estimate of drug-likeness (QED) is 0.754. The van der Waals surface area contributed by atoms with Gasteiger partial charge in [-0.25, -0.2) is 0 Å². The van der Waals surface area contributed by atoms with Crippen LogP contribution in [-0.2, 0) is 6.42 Å². The minimum absolute atomic E-state index is 0.199. The molecular formula is C13H13NO.